The second-order valence-electron chi connectivity index (χ2n) is 6.14. The van der Waals surface area contributed by atoms with E-state index in [-0.39, 0.29) is 16.8 Å². The van der Waals surface area contributed by atoms with E-state index in [0.29, 0.717) is 10.5 Å². The van der Waals surface area contributed by atoms with Crippen LogP contribution < -0.4 is 5.46 Å². The van der Waals surface area contributed by atoms with Crippen molar-refractivity contribution in [3.8, 4) is 0 Å². The van der Waals surface area contributed by atoms with Crippen molar-refractivity contribution in [2.45, 2.75) is 9.79 Å². The lowest BCUT2D eigenvalue weighted by atomic mass is 9.77. The summed E-state index contributed by atoms with van der Waals surface area (Å²) in [6.45, 7) is 0. The van der Waals surface area contributed by atoms with Crippen LogP contribution in [0.4, 0.5) is 8.78 Å². The molecule has 3 aromatic carbocycles. The van der Waals surface area contributed by atoms with Gasteiger partial charge in [-0.25, -0.2) is 18.4 Å². The fraction of sp³-hybridized carbons (Fsp3) is 0.0909. The van der Waals surface area contributed by atoms with Crippen LogP contribution in [-0.2, 0) is 9.47 Å². The van der Waals surface area contributed by atoms with Crippen LogP contribution in [0.1, 0.15) is 20.7 Å². The van der Waals surface area contributed by atoms with E-state index in [0.717, 1.165) is 30.2 Å². The molecule has 0 bridgehead atoms. The molecule has 0 aliphatic carbocycles. The monoisotopic (exact) mass is 460 g/mol. The summed E-state index contributed by atoms with van der Waals surface area (Å²) in [6, 6.07) is 16.5. The lowest BCUT2D eigenvalue weighted by Gasteiger charge is -2.07. The van der Waals surface area contributed by atoms with Gasteiger partial charge in [0.05, 0.1) is 25.3 Å². The van der Waals surface area contributed by atoms with Crippen LogP contribution in [0.25, 0.3) is 0 Å². The van der Waals surface area contributed by atoms with Gasteiger partial charge in [0.25, 0.3) is 0 Å². The van der Waals surface area contributed by atoms with Gasteiger partial charge in [0.15, 0.2) is 0 Å². The minimum Gasteiger partial charge on any atom is -0.465 e. The van der Waals surface area contributed by atoms with Crippen molar-refractivity contribution in [3.05, 3.63) is 89.5 Å². The summed E-state index contributed by atoms with van der Waals surface area (Å²) < 4.78 is 35.0. The Morgan fingerprint density at radius 1 is 0.812 bits per heavy atom. The van der Waals surface area contributed by atoms with E-state index < -0.39 is 24.9 Å². The lowest BCUT2D eigenvalue weighted by molar-refractivity contribution is 0.0590. The normalized spacial score (nSPS) is 9.94. The quantitative estimate of drug-likeness (QED) is 0.447. The highest BCUT2D eigenvalue weighted by molar-refractivity contribution is 7.99. The average Bonchev–Trinajstić information content (AvgIpc) is 2.79. The second kappa shape index (κ2) is 12.0. The maximum atomic E-state index is 13.3. The summed E-state index contributed by atoms with van der Waals surface area (Å²) in [7, 11) is 0.557. The number of carbonyl (C=O) groups is 2. The highest BCUT2D eigenvalue weighted by Gasteiger charge is 2.21. The van der Waals surface area contributed by atoms with Crippen LogP contribution in [0.3, 0.4) is 0 Å². The standard InChI is InChI=1S/C14H11FO2S.C8H8BFO4/c1-17-14(16)12-8-7-10(15)9-13(12)18-11-5-3-2-4-6-11;1-14-8(11)6-3-2-5(10)4-7(6)9(12)13/h2-9H,1H3;2-4,12-13H,1H3. The molecule has 6 nitrogen and oxygen atoms in total. The first-order valence-corrected chi connectivity index (χ1v) is 9.93. The number of halogens is 2. The molecule has 10 heteroatoms. The van der Waals surface area contributed by atoms with Crippen molar-refractivity contribution >= 4 is 36.3 Å². The number of carbonyl (C=O) groups excluding carboxylic acids is 2. The summed E-state index contributed by atoms with van der Waals surface area (Å²) in [5, 5.41) is 17.7. The van der Waals surface area contributed by atoms with Gasteiger partial charge in [-0.2, -0.15) is 0 Å². The Morgan fingerprint density at radius 3 is 1.91 bits per heavy atom. The number of hydrogen-bond donors (Lipinski definition) is 2. The van der Waals surface area contributed by atoms with E-state index in [1.165, 1.54) is 37.1 Å². The first kappa shape index (κ1) is 25.1. The van der Waals surface area contributed by atoms with Crippen LogP contribution in [0.2, 0.25) is 0 Å². The number of rotatable bonds is 5. The van der Waals surface area contributed by atoms with E-state index in [4.69, 9.17) is 10.0 Å². The van der Waals surface area contributed by atoms with Crippen LogP contribution in [0, 0.1) is 11.6 Å². The predicted octanol–water partition coefficient (Wildman–Crippen LogP) is 3.06. The van der Waals surface area contributed by atoms with Crippen LogP contribution >= 0.6 is 11.8 Å². The van der Waals surface area contributed by atoms with Crippen molar-refractivity contribution in [1.82, 2.24) is 0 Å². The molecule has 0 aliphatic rings. The van der Waals surface area contributed by atoms with Crippen molar-refractivity contribution in [3.63, 3.8) is 0 Å². The molecule has 2 N–H and O–H groups in total. The largest absolute Gasteiger partial charge is 0.489 e. The Balaban J connectivity index is 0.000000235. The molecule has 0 saturated heterocycles. The molecule has 0 amide bonds. The highest BCUT2D eigenvalue weighted by Crippen LogP contribution is 2.31. The van der Waals surface area contributed by atoms with Crippen molar-refractivity contribution in [2.75, 3.05) is 14.2 Å². The Labute approximate surface area is 187 Å². The molecule has 0 atom stereocenters. The predicted molar refractivity (Wildman–Crippen MR) is 116 cm³/mol. The number of ether oxygens (including phenoxy) is 2. The molecule has 0 unspecified atom stereocenters. The summed E-state index contributed by atoms with van der Waals surface area (Å²) in [4.78, 5) is 24.1. The van der Waals surface area contributed by atoms with Gasteiger partial charge in [0, 0.05) is 9.79 Å². The van der Waals surface area contributed by atoms with Gasteiger partial charge in [-0.05, 0) is 54.0 Å². The van der Waals surface area contributed by atoms with E-state index in [1.807, 2.05) is 30.3 Å². The Bertz CT molecular complexity index is 1080. The summed E-state index contributed by atoms with van der Waals surface area (Å²) in [5.41, 5.74) is 0.0912. The van der Waals surface area contributed by atoms with Gasteiger partial charge >= 0.3 is 19.1 Å². The molecule has 0 heterocycles. The fourth-order valence-electron chi connectivity index (χ4n) is 2.52. The van der Waals surface area contributed by atoms with Gasteiger partial charge in [0.2, 0.25) is 0 Å². The molecule has 0 saturated carbocycles. The Morgan fingerprint density at radius 2 is 1.34 bits per heavy atom. The van der Waals surface area contributed by atoms with Crippen molar-refractivity contribution in [2.24, 2.45) is 0 Å². The first-order valence-electron chi connectivity index (χ1n) is 9.11. The molecular weight excluding hydrogens is 441 g/mol. The number of hydrogen-bond acceptors (Lipinski definition) is 7. The topological polar surface area (TPSA) is 93.1 Å². The molecular formula is C22H19BF2O6S. The minimum absolute atomic E-state index is 0.0658. The molecule has 0 radical (unpaired) electrons. The first-order chi connectivity index (χ1) is 15.3. The maximum Gasteiger partial charge on any atom is 0.489 e. The van der Waals surface area contributed by atoms with Gasteiger partial charge in [-0.15, -0.1) is 0 Å². The smallest absolute Gasteiger partial charge is 0.465 e. The summed E-state index contributed by atoms with van der Waals surface area (Å²) >= 11 is 1.33. The van der Waals surface area contributed by atoms with Crippen LogP contribution in [-0.4, -0.2) is 43.3 Å². The summed E-state index contributed by atoms with van der Waals surface area (Å²) in [6.07, 6.45) is 0. The van der Waals surface area contributed by atoms with E-state index in [2.05, 4.69) is 9.47 Å². The number of benzene rings is 3. The highest BCUT2D eigenvalue weighted by atomic mass is 32.2. The zero-order valence-electron chi connectivity index (χ0n) is 17.1. The average molecular weight is 460 g/mol. The van der Waals surface area contributed by atoms with Crippen molar-refractivity contribution in [1.29, 1.82) is 0 Å². The fourth-order valence-corrected chi connectivity index (χ4v) is 3.50. The zero-order valence-corrected chi connectivity index (χ0v) is 17.9. The van der Waals surface area contributed by atoms with E-state index >= 15 is 0 Å². The molecule has 32 heavy (non-hydrogen) atoms. The minimum atomic E-state index is -1.90. The Kier molecular flexibility index (Phi) is 9.39. The Hall–Kier alpha value is -3.21. The van der Waals surface area contributed by atoms with Crippen molar-refractivity contribution < 1.29 is 37.9 Å². The molecule has 0 spiro atoms. The third-order valence-corrected chi connectivity index (χ3v) is 5.08. The SMILES string of the molecule is COC(=O)c1ccc(F)cc1B(O)O.COC(=O)c1ccc(F)cc1Sc1ccccc1. The third-order valence-electron chi connectivity index (χ3n) is 4.02. The summed E-state index contributed by atoms with van der Waals surface area (Å²) in [5.74, 6) is -2.23. The van der Waals surface area contributed by atoms with Gasteiger partial charge < -0.3 is 19.5 Å². The van der Waals surface area contributed by atoms with Crippen LogP contribution in [0.5, 0.6) is 0 Å². The van der Waals surface area contributed by atoms with Gasteiger partial charge in [-0.3, -0.25) is 0 Å². The molecule has 0 aliphatic heterocycles. The van der Waals surface area contributed by atoms with E-state index in [1.54, 1.807) is 0 Å². The maximum absolute atomic E-state index is 13.3. The van der Waals surface area contributed by atoms with Crippen LogP contribution in [0.15, 0.2) is 76.5 Å². The van der Waals surface area contributed by atoms with Gasteiger partial charge in [-0.1, -0.05) is 30.0 Å². The number of esters is 2. The molecule has 166 valence electrons. The molecule has 0 aromatic heterocycles. The molecule has 0 fully saturated rings. The lowest BCUT2D eigenvalue weighted by Crippen LogP contribution is -2.35. The molecule has 3 aromatic rings. The zero-order chi connectivity index (χ0) is 23.7. The van der Waals surface area contributed by atoms with E-state index in [9.17, 15) is 18.4 Å². The molecule has 3 rings (SSSR count). The van der Waals surface area contributed by atoms with Gasteiger partial charge in [0.1, 0.15) is 11.6 Å². The number of methoxy groups -OCH3 is 2. The third kappa shape index (κ3) is 6.91. The second-order valence-corrected chi connectivity index (χ2v) is 7.26.